The van der Waals surface area contributed by atoms with Crippen LogP contribution in [0.5, 0.6) is 17.2 Å². The van der Waals surface area contributed by atoms with Gasteiger partial charge in [0.2, 0.25) is 0 Å². The number of aliphatic hydroxyl groups excluding tert-OH is 1. The first-order valence-corrected chi connectivity index (χ1v) is 14.7. The minimum atomic E-state index is -1.10. The largest absolute Gasteiger partial charge is 0.507 e. The number of rotatable bonds is 13. The summed E-state index contributed by atoms with van der Waals surface area (Å²) in [6.07, 6.45) is 3.26. The maximum atomic E-state index is 13.7. The highest BCUT2D eigenvalue weighted by atomic mass is 32.1. The molecule has 1 unspecified atom stereocenters. The average Bonchev–Trinajstić information content (AvgIpc) is 3.52. The van der Waals surface area contributed by atoms with Gasteiger partial charge < -0.3 is 24.1 Å². The number of aryl methyl sites for hydroxylation is 1. The van der Waals surface area contributed by atoms with Crippen LogP contribution in [0, 0.1) is 6.92 Å². The molecule has 0 saturated carbocycles. The fourth-order valence-corrected chi connectivity index (χ4v) is 5.56. The van der Waals surface area contributed by atoms with Crippen LogP contribution in [0.1, 0.15) is 59.2 Å². The van der Waals surface area contributed by atoms with Crippen molar-refractivity contribution in [2.45, 2.75) is 39.7 Å². The second-order valence-corrected chi connectivity index (χ2v) is 10.5. The molecule has 1 aromatic heterocycles. The molecule has 1 aliphatic heterocycles. The predicted octanol–water partition coefficient (Wildman–Crippen LogP) is 6.01. The summed E-state index contributed by atoms with van der Waals surface area (Å²) in [5.74, 6) is -1.45. The van der Waals surface area contributed by atoms with Gasteiger partial charge in [-0.1, -0.05) is 55.5 Å². The van der Waals surface area contributed by atoms with E-state index in [0.717, 1.165) is 24.2 Å². The van der Waals surface area contributed by atoms with E-state index in [4.69, 9.17) is 18.9 Å². The number of unbranched alkanes of at least 4 members (excludes halogenated alkanes) is 1. The van der Waals surface area contributed by atoms with Crippen molar-refractivity contribution in [1.29, 1.82) is 0 Å². The maximum Gasteiger partial charge on any atom is 0.350 e. The van der Waals surface area contributed by atoms with E-state index < -0.39 is 23.7 Å². The number of carbonyl (C=O) groups is 3. The second-order valence-electron chi connectivity index (χ2n) is 9.54. The molecule has 226 valence electrons. The van der Waals surface area contributed by atoms with Crippen LogP contribution in [0.25, 0.3) is 5.76 Å². The number of thiazole rings is 1. The average molecular weight is 607 g/mol. The Kier molecular flexibility index (Phi) is 10.2. The molecule has 1 saturated heterocycles. The third kappa shape index (κ3) is 6.56. The molecule has 1 fully saturated rings. The molecule has 1 atom stereocenters. The molecule has 1 aliphatic rings. The molecule has 0 aliphatic carbocycles. The summed E-state index contributed by atoms with van der Waals surface area (Å²) in [6, 6.07) is 10.6. The number of methoxy groups -OCH3 is 1. The van der Waals surface area contributed by atoms with Crippen molar-refractivity contribution in [2.24, 2.45) is 0 Å². The van der Waals surface area contributed by atoms with Crippen LogP contribution in [0.3, 0.4) is 0 Å². The minimum absolute atomic E-state index is 0.00319. The van der Waals surface area contributed by atoms with Gasteiger partial charge in [-0.25, -0.2) is 9.78 Å². The molecular formula is C32H34N2O8S. The highest BCUT2D eigenvalue weighted by Gasteiger charge is 2.48. The lowest BCUT2D eigenvalue weighted by atomic mass is 9.95. The van der Waals surface area contributed by atoms with Gasteiger partial charge in [0.15, 0.2) is 16.6 Å². The van der Waals surface area contributed by atoms with E-state index >= 15 is 0 Å². The van der Waals surface area contributed by atoms with Crippen LogP contribution in [-0.2, 0) is 14.3 Å². The number of hydrogen-bond acceptors (Lipinski definition) is 10. The summed E-state index contributed by atoms with van der Waals surface area (Å²) in [4.78, 5) is 45.8. The smallest absolute Gasteiger partial charge is 0.350 e. The number of ether oxygens (including phenoxy) is 4. The Labute approximate surface area is 254 Å². The van der Waals surface area contributed by atoms with Gasteiger partial charge in [0.1, 0.15) is 23.0 Å². The van der Waals surface area contributed by atoms with Crippen LogP contribution in [-0.4, -0.2) is 54.7 Å². The van der Waals surface area contributed by atoms with Gasteiger partial charge in [-0.15, -0.1) is 0 Å². The number of anilines is 1. The Morgan fingerprint density at radius 1 is 1.14 bits per heavy atom. The number of carbonyl (C=O) groups excluding carboxylic acids is 3. The lowest BCUT2D eigenvalue weighted by molar-refractivity contribution is -0.132. The Bertz CT molecular complexity index is 1560. The van der Waals surface area contributed by atoms with Gasteiger partial charge >= 0.3 is 11.9 Å². The van der Waals surface area contributed by atoms with Crippen molar-refractivity contribution >= 4 is 39.9 Å². The third-order valence-corrected chi connectivity index (χ3v) is 7.77. The molecule has 0 radical (unpaired) electrons. The van der Waals surface area contributed by atoms with E-state index in [2.05, 4.69) is 18.5 Å². The van der Waals surface area contributed by atoms with Crippen LogP contribution in [0.4, 0.5) is 5.13 Å². The summed E-state index contributed by atoms with van der Waals surface area (Å²) in [6.45, 7) is 9.95. The Hall–Kier alpha value is -4.64. The van der Waals surface area contributed by atoms with Crippen molar-refractivity contribution in [2.75, 3.05) is 31.8 Å². The van der Waals surface area contributed by atoms with Crippen LogP contribution < -0.4 is 19.1 Å². The number of aliphatic hydroxyl groups is 1. The summed E-state index contributed by atoms with van der Waals surface area (Å²) >= 11 is 0.917. The molecule has 0 spiro atoms. The number of nitrogens with zero attached hydrogens (tertiary/aromatic N) is 2. The van der Waals surface area contributed by atoms with Gasteiger partial charge in [-0.3, -0.25) is 14.5 Å². The molecule has 2 aromatic carbocycles. The highest BCUT2D eigenvalue weighted by molar-refractivity contribution is 7.17. The molecule has 11 heteroatoms. The Morgan fingerprint density at radius 2 is 1.93 bits per heavy atom. The predicted molar refractivity (Wildman–Crippen MR) is 163 cm³/mol. The molecule has 10 nitrogen and oxygen atoms in total. The summed E-state index contributed by atoms with van der Waals surface area (Å²) in [7, 11) is 1.48. The van der Waals surface area contributed by atoms with E-state index in [1.54, 1.807) is 49.4 Å². The van der Waals surface area contributed by atoms with E-state index in [9.17, 15) is 19.5 Å². The fraction of sp³-hybridized carbons (Fsp3) is 0.312. The topological polar surface area (TPSA) is 124 Å². The number of Topliss-reactive ketones (excluding diaryl/α,β-unsaturated/α-hetero) is 1. The van der Waals surface area contributed by atoms with Crippen molar-refractivity contribution in [3.8, 4) is 17.2 Å². The van der Waals surface area contributed by atoms with Gasteiger partial charge in [0, 0.05) is 5.56 Å². The number of amides is 1. The number of aromatic nitrogens is 1. The lowest BCUT2D eigenvalue weighted by Crippen LogP contribution is -2.29. The SMILES string of the molecule is C=CCOC(=O)c1sc(N2C(=O)C(=O)/C(=C(/O)c3cccc(OCCCC)c3)C2c2ccc(OCC)c(OC)c2)nc1C. The first kappa shape index (κ1) is 31.3. The molecule has 2 heterocycles. The molecule has 3 aromatic rings. The zero-order valence-electron chi connectivity index (χ0n) is 24.5. The first-order chi connectivity index (χ1) is 20.7. The zero-order chi connectivity index (χ0) is 31.1. The van der Waals surface area contributed by atoms with Crippen molar-refractivity contribution in [3.05, 3.63) is 82.4 Å². The normalized spacial score (nSPS) is 15.8. The second kappa shape index (κ2) is 14.0. The van der Waals surface area contributed by atoms with E-state index in [0.29, 0.717) is 47.3 Å². The van der Waals surface area contributed by atoms with Gasteiger partial charge in [0.05, 0.1) is 37.6 Å². The summed E-state index contributed by atoms with van der Waals surface area (Å²) in [5, 5.41) is 11.7. The van der Waals surface area contributed by atoms with Crippen LogP contribution >= 0.6 is 11.3 Å². The first-order valence-electron chi connectivity index (χ1n) is 13.9. The highest BCUT2D eigenvalue weighted by Crippen LogP contribution is 2.45. The standard InChI is InChI=1S/C32H34N2O8S/c1-6-9-16-41-22-12-10-11-21(17-22)27(35)25-26(20-13-14-23(40-8-3)24(18-20)39-5)34(30(37)28(25)36)32-33-19(4)29(43-32)31(38)42-15-7-2/h7,10-14,17-18,26,35H,2,6,8-9,15-16H2,1,3-5H3/b27-25+. The number of ketones is 1. The molecule has 43 heavy (non-hydrogen) atoms. The summed E-state index contributed by atoms with van der Waals surface area (Å²) < 4.78 is 22.2. The third-order valence-electron chi connectivity index (χ3n) is 6.63. The number of esters is 1. The quantitative estimate of drug-likeness (QED) is 0.0622. The minimum Gasteiger partial charge on any atom is -0.507 e. The van der Waals surface area contributed by atoms with E-state index in [1.807, 2.05) is 6.92 Å². The van der Waals surface area contributed by atoms with Crippen molar-refractivity contribution in [1.82, 2.24) is 4.98 Å². The summed E-state index contributed by atoms with van der Waals surface area (Å²) in [5.41, 5.74) is 0.945. The Balaban J connectivity index is 1.88. The monoisotopic (exact) mass is 606 g/mol. The lowest BCUT2D eigenvalue weighted by Gasteiger charge is -2.24. The molecule has 1 amide bonds. The van der Waals surface area contributed by atoms with Gasteiger partial charge in [0.25, 0.3) is 5.78 Å². The van der Waals surface area contributed by atoms with Crippen molar-refractivity contribution < 1.29 is 38.4 Å². The maximum absolute atomic E-state index is 13.7. The Morgan fingerprint density at radius 3 is 2.63 bits per heavy atom. The molecule has 1 N–H and O–H groups in total. The number of hydrogen-bond donors (Lipinski definition) is 1. The number of benzene rings is 2. The van der Waals surface area contributed by atoms with Gasteiger partial charge in [-0.05, 0) is 50.1 Å². The van der Waals surface area contributed by atoms with Crippen LogP contribution in [0.15, 0.2) is 60.7 Å². The zero-order valence-corrected chi connectivity index (χ0v) is 25.4. The fourth-order valence-electron chi connectivity index (χ4n) is 4.57. The van der Waals surface area contributed by atoms with Crippen molar-refractivity contribution in [3.63, 3.8) is 0 Å². The molecule has 0 bridgehead atoms. The van der Waals surface area contributed by atoms with E-state index in [1.165, 1.54) is 18.1 Å². The van der Waals surface area contributed by atoms with E-state index in [-0.39, 0.29) is 27.9 Å². The van der Waals surface area contributed by atoms with Gasteiger partial charge in [-0.2, -0.15) is 0 Å². The molecular weight excluding hydrogens is 572 g/mol. The van der Waals surface area contributed by atoms with Crippen LogP contribution in [0.2, 0.25) is 0 Å². The molecule has 4 rings (SSSR count).